The molecular formula is C17H23FIN5OS. The molecule has 1 aliphatic rings. The Morgan fingerprint density at radius 2 is 2.08 bits per heavy atom. The van der Waals surface area contributed by atoms with E-state index in [1.54, 1.807) is 29.5 Å². The molecule has 9 heteroatoms. The van der Waals surface area contributed by atoms with Gasteiger partial charge >= 0.3 is 0 Å². The van der Waals surface area contributed by atoms with Gasteiger partial charge in [-0.3, -0.25) is 0 Å². The van der Waals surface area contributed by atoms with Crippen molar-refractivity contribution in [2.45, 2.75) is 13.0 Å². The lowest BCUT2D eigenvalue weighted by Gasteiger charge is -2.35. The third kappa shape index (κ3) is 5.44. The highest BCUT2D eigenvalue weighted by atomic mass is 127. The maximum Gasteiger partial charge on any atom is 0.191 e. The molecule has 6 nitrogen and oxygen atoms in total. The van der Waals surface area contributed by atoms with Gasteiger partial charge in [-0.1, -0.05) is 12.1 Å². The number of nitrogens with zero attached hydrogens (tertiary/aromatic N) is 4. The number of aliphatic imine (C=N–C) groups is 1. The van der Waals surface area contributed by atoms with Gasteiger partial charge in [-0.25, -0.2) is 14.4 Å². The number of rotatable bonds is 5. The molecule has 0 saturated carbocycles. The van der Waals surface area contributed by atoms with Crippen molar-refractivity contribution in [1.29, 1.82) is 0 Å². The molecular weight excluding hydrogens is 468 g/mol. The molecule has 1 aromatic heterocycles. The van der Waals surface area contributed by atoms with Gasteiger partial charge in [-0.15, -0.1) is 35.3 Å². The van der Waals surface area contributed by atoms with Gasteiger partial charge in [0.25, 0.3) is 0 Å². The highest BCUT2D eigenvalue weighted by Gasteiger charge is 2.20. The Balaban J connectivity index is 0.00000243. The quantitative estimate of drug-likeness (QED) is 0.396. The number of nitrogens with two attached hydrogens (primary N) is 1. The molecule has 1 fully saturated rings. The Kier molecular flexibility index (Phi) is 7.88. The van der Waals surface area contributed by atoms with E-state index in [0.29, 0.717) is 12.5 Å². The largest absolute Gasteiger partial charge is 0.486 e. The molecule has 1 saturated heterocycles. The summed E-state index contributed by atoms with van der Waals surface area (Å²) in [4.78, 5) is 13.0. The molecule has 2 heterocycles. The summed E-state index contributed by atoms with van der Waals surface area (Å²) < 4.78 is 19.2. The first-order valence-corrected chi connectivity index (χ1v) is 9.12. The zero-order chi connectivity index (χ0) is 17.6. The third-order valence-electron chi connectivity index (χ3n) is 3.97. The first kappa shape index (κ1) is 20.7. The summed E-state index contributed by atoms with van der Waals surface area (Å²) in [5.74, 6) is 0.369. The van der Waals surface area contributed by atoms with Crippen molar-refractivity contribution in [2.24, 2.45) is 10.7 Å². The average molecular weight is 491 g/mol. The van der Waals surface area contributed by atoms with E-state index in [1.165, 1.54) is 6.07 Å². The molecule has 0 aliphatic carbocycles. The molecule has 0 spiro atoms. The molecule has 0 bridgehead atoms. The lowest BCUT2D eigenvalue weighted by Crippen LogP contribution is -2.51. The second-order valence-corrected chi connectivity index (χ2v) is 6.72. The maximum absolute atomic E-state index is 13.6. The van der Waals surface area contributed by atoms with Crippen molar-refractivity contribution in [3.05, 3.63) is 41.7 Å². The molecule has 1 aliphatic heterocycles. The second-order valence-electron chi connectivity index (χ2n) is 5.85. The minimum atomic E-state index is -0.371. The molecule has 3 rings (SSSR count). The number of guanidine groups is 1. The lowest BCUT2D eigenvalue weighted by atomic mass is 10.3. The van der Waals surface area contributed by atoms with E-state index in [2.05, 4.69) is 19.8 Å². The number of halogens is 2. The van der Waals surface area contributed by atoms with Crippen molar-refractivity contribution in [2.75, 3.05) is 37.6 Å². The van der Waals surface area contributed by atoms with E-state index < -0.39 is 0 Å². The molecule has 1 atom stereocenters. The molecule has 142 valence electrons. The fourth-order valence-electron chi connectivity index (χ4n) is 2.62. The van der Waals surface area contributed by atoms with Crippen LogP contribution in [0.25, 0.3) is 0 Å². The van der Waals surface area contributed by atoms with Crippen LogP contribution in [0.15, 0.2) is 40.8 Å². The topological polar surface area (TPSA) is 67.0 Å². The smallest absolute Gasteiger partial charge is 0.191 e. The second kappa shape index (κ2) is 9.91. The maximum atomic E-state index is 13.6. The van der Waals surface area contributed by atoms with Gasteiger partial charge in [0.2, 0.25) is 0 Å². The third-order valence-corrected chi connectivity index (χ3v) is 4.80. The summed E-state index contributed by atoms with van der Waals surface area (Å²) in [6.07, 6.45) is 1.56. The number of ether oxygens (including phenoxy) is 1. The Bertz CT molecular complexity index is 707. The highest BCUT2D eigenvalue weighted by Crippen LogP contribution is 2.19. The summed E-state index contributed by atoms with van der Waals surface area (Å²) in [5.41, 5.74) is 6.10. The normalized spacial score (nSPS) is 16.2. The van der Waals surface area contributed by atoms with Gasteiger partial charge in [0.1, 0.15) is 6.10 Å². The van der Waals surface area contributed by atoms with Gasteiger partial charge in [0.15, 0.2) is 22.7 Å². The van der Waals surface area contributed by atoms with Gasteiger partial charge < -0.3 is 20.3 Å². The number of benzene rings is 1. The average Bonchev–Trinajstić information content (AvgIpc) is 3.16. The first-order chi connectivity index (χ1) is 12.1. The van der Waals surface area contributed by atoms with Crippen molar-refractivity contribution in [3.8, 4) is 5.75 Å². The van der Waals surface area contributed by atoms with Gasteiger partial charge in [-0.05, 0) is 19.1 Å². The van der Waals surface area contributed by atoms with Crippen LogP contribution in [-0.2, 0) is 0 Å². The Morgan fingerprint density at radius 3 is 2.73 bits per heavy atom. The van der Waals surface area contributed by atoms with Crippen LogP contribution in [0.5, 0.6) is 5.75 Å². The molecule has 2 aromatic rings. The number of hydrogen-bond donors (Lipinski definition) is 1. The van der Waals surface area contributed by atoms with Crippen LogP contribution in [0.4, 0.5) is 9.52 Å². The zero-order valence-corrected chi connectivity index (χ0v) is 17.7. The molecule has 0 radical (unpaired) electrons. The SMILES string of the molecule is CC(CN=C(N)N1CCN(c2nccs2)CC1)Oc1ccccc1F.I. The fraction of sp³-hybridized carbons (Fsp3) is 0.412. The van der Waals surface area contributed by atoms with Crippen molar-refractivity contribution < 1.29 is 9.13 Å². The van der Waals surface area contributed by atoms with Crippen LogP contribution in [0.1, 0.15) is 6.92 Å². The lowest BCUT2D eigenvalue weighted by molar-refractivity contribution is 0.219. The minimum Gasteiger partial charge on any atom is -0.486 e. The molecule has 1 aromatic carbocycles. The van der Waals surface area contributed by atoms with E-state index in [4.69, 9.17) is 10.5 Å². The Labute approximate surface area is 173 Å². The highest BCUT2D eigenvalue weighted by molar-refractivity contribution is 14.0. The van der Waals surface area contributed by atoms with E-state index in [9.17, 15) is 4.39 Å². The van der Waals surface area contributed by atoms with Crippen LogP contribution in [-0.4, -0.2) is 54.7 Å². The standard InChI is InChI=1S/C17H22FN5OS.HI/c1-13(24-15-5-3-2-4-14(15)18)12-21-16(19)22-7-9-23(10-8-22)17-20-6-11-25-17;/h2-6,11,13H,7-10,12H2,1H3,(H2,19,21);1H. The van der Waals surface area contributed by atoms with Crippen molar-refractivity contribution in [1.82, 2.24) is 9.88 Å². The summed E-state index contributed by atoms with van der Waals surface area (Å²) in [6.45, 7) is 5.57. The predicted octanol–water partition coefficient (Wildman–Crippen LogP) is 2.80. The first-order valence-electron chi connectivity index (χ1n) is 8.24. The minimum absolute atomic E-state index is 0. The van der Waals surface area contributed by atoms with E-state index in [1.807, 2.05) is 18.5 Å². The van der Waals surface area contributed by atoms with Crippen molar-refractivity contribution in [3.63, 3.8) is 0 Å². The summed E-state index contributed by atoms with van der Waals surface area (Å²) >= 11 is 1.64. The number of hydrogen-bond acceptors (Lipinski definition) is 5. The van der Waals surface area contributed by atoms with Gasteiger partial charge in [0, 0.05) is 37.8 Å². The van der Waals surface area contributed by atoms with E-state index in [-0.39, 0.29) is 41.6 Å². The fourth-order valence-corrected chi connectivity index (χ4v) is 3.31. The molecule has 1 unspecified atom stereocenters. The van der Waals surface area contributed by atoms with Gasteiger partial charge in [-0.2, -0.15) is 0 Å². The summed E-state index contributed by atoms with van der Waals surface area (Å²) in [6, 6.07) is 6.36. The number of anilines is 1. The van der Waals surface area contributed by atoms with Crippen LogP contribution in [0, 0.1) is 5.82 Å². The van der Waals surface area contributed by atoms with Crippen LogP contribution >= 0.6 is 35.3 Å². The zero-order valence-electron chi connectivity index (χ0n) is 14.5. The molecule has 2 N–H and O–H groups in total. The number of thiazole rings is 1. The van der Waals surface area contributed by atoms with Crippen LogP contribution < -0.4 is 15.4 Å². The number of para-hydroxylation sites is 1. The predicted molar refractivity (Wildman–Crippen MR) is 114 cm³/mol. The van der Waals surface area contributed by atoms with Crippen LogP contribution in [0.2, 0.25) is 0 Å². The Morgan fingerprint density at radius 1 is 1.35 bits per heavy atom. The number of aromatic nitrogens is 1. The van der Waals surface area contributed by atoms with Crippen molar-refractivity contribution >= 4 is 46.4 Å². The molecule has 26 heavy (non-hydrogen) atoms. The van der Waals surface area contributed by atoms with Gasteiger partial charge in [0.05, 0.1) is 6.54 Å². The van der Waals surface area contributed by atoms with Crippen LogP contribution in [0.3, 0.4) is 0 Å². The summed E-state index contributed by atoms with van der Waals surface area (Å²) in [7, 11) is 0. The Hall–Kier alpha value is -1.62. The van der Waals surface area contributed by atoms with E-state index in [0.717, 1.165) is 31.3 Å². The monoisotopic (exact) mass is 491 g/mol. The van der Waals surface area contributed by atoms with E-state index >= 15 is 0 Å². The number of piperazine rings is 1. The summed E-state index contributed by atoms with van der Waals surface area (Å²) in [5, 5.41) is 3.02. The molecule has 0 amide bonds.